The predicted molar refractivity (Wildman–Crippen MR) is 105 cm³/mol. The second kappa shape index (κ2) is 7.39. The highest BCUT2D eigenvalue weighted by Crippen LogP contribution is 2.45. The molecule has 0 saturated heterocycles. The van der Waals surface area contributed by atoms with Gasteiger partial charge in [-0.05, 0) is 43.0 Å². The van der Waals surface area contributed by atoms with E-state index in [0.717, 1.165) is 17.6 Å². The molecule has 3 heterocycles. The average Bonchev–Trinajstić information content (AvgIpc) is 3.20. The molecule has 1 fully saturated rings. The highest BCUT2D eigenvalue weighted by molar-refractivity contribution is 6.04. The number of rotatable bonds is 3. The minimum atomic E-state index is -2.98. The van der Waals surface area contributed by atoms with Crippen LogP contribution in [-0.2, 0) is 4.84 Å². The monoisotopic (exact) mass is 417 g/mol. The summed E-state index contributed by atoms with van der Waals surface area (Å²) in [6, 6.07) is 3.27. The van der Waals surface area contributed by atoms with Crippen molar-refractivity contribution >= 4 is 12.1 Å². The first-order valence-electron chi connectivity index (χ1n) is 9.84. The number of ether oxygens (including phenoxy) is 2. The van der Waals surface area contributed by atoms with Crippen molar-refractivity contribution in [1.29, 1.82) is 0 Å². The van der Waals surface area contributed by atoms with Crippen molar-refractivity contribution in [2.45, 2.75) is 50.0 Å². The fourth-order valence-electron chi connectivity index (χ4n) is 4.53. The maximum absolute atomic E-state index is 13.0. The molecule has 1 aromatic carbocycles. The fraction of sp³-hybridized carbons (Fsp3) is 0.429. The maximum atomic E-state index is 13.0. The maximum Gasteiger partial charge on any atom is 0.387 e. The number of hydrogen-bond acceptors (Lipinski definition) is 7. The van der Waals surface area contributed by atoms with Crippen LogP contribution in [0.25, 0.3) is 0 Å². The molecule has 9 heteroatoms. The van der Waals surface area contributed by atoms with Gasteiger partial charge in [-0.15, -0.1) is 0 Å². The van der Waals surface area contributed by atoms with Crippen LogP contribution in [0.4, 0.5) is 8.78 Å². The Morgan fingerprint density at radius 1 is 1.27 bits per heavy atom. The van der Waals surface area contributed by atoms with Gasteiger partial charge in [-0.1, -0.05) is 5.16 Å². The summed E-state index contributed by atoms with van der Waals surface area (Å²) in [5, 5.41) is 14.1. The van der Waals surface area contributed by atoms with E-state index in [-0.39, 0.29) is 29.6 Å². The van der Waals surface area contributed by atoms with Gasteiger partial charge in [0.2, 0.25) is 0 Å². The van der Waals surface area contributed by atoms with Crippen molar-refractivity contribution in [2.24, 2.45) is 10.1 Å². The zero-order chi connectivity index (χ0) is 20.8. The lowest BCUT2D eigenvalue weighted by Crippen LogP contribution is -2.38. The number of aliphatic hydroxyl groups excluding tert-OH is 1. The van der Waals surface area contributed by atoms with Crippen LogP contribution >= 0.6 is 0 Å². The Morgan fingerprint density at radius 3 is 2.93 bits per heavy atom. The van der Waals surface area contributed by atoms with Gasteiger partial charge in [0.05, 0.1) is 25.5 Å². The first-order chi connectivity index (χ1) is 14.5. The third-order valence-electron chi connectivity index (χ3n) is 5.93. The smallest absolute Gasteiger partial charge is 0.387 e. The van der Waals surface area contributed by atoms with Gasteiger partial charge >= 0.3 is 6.61 Å². The second-order valence-electron chi connectivity index (χ2n) is 7.70. The number of benzene rings is 1. The Labute approximate surface area is 171 Å². The third kappa shape index (κ3) is 3.23. The highest BCUT2D eigenvalue weighted by Gasteiger charge is 2.38. The molecule has 0 bridgehead atoms. The molecule has 30 heavy (non-hydrogen) atoms. The van der Waals surface area contributed by atoms with Gasteiger partial charge in [0, 0.05) is 29.5 Å². The molecule has 1 aliphatic carbocycles. The van der Waals surface area contributed by atoms with Crippen LogP contribution in [-0.4, -0.2) is 54.0 Å². The molecular weight excluding hydrogens is 396 g/mol. The molecule has 1 N–H and O–H groups in total. The van der Waals surface area contributed by atoms with Gasteiger partial charge in [0.15, 0.2) is 17.6 Å². The summed E-state index contributed by atoms with van der Waals surface area (Å²) < 4.78 is 36.0. The van der Waals surface area contributed by atoms with Crippen LogP contribution in [0.15, 0.2) is 46.3 Å². The van der Waals surface area contributed by atoms with Crippen molar-refractivity contribution in [1.82, 2.24) is 4.90 Å². The minimum absolute atomic E-state index is 0.0134. The van der Waals surface area contributed by atoms with E-state index in [4.69, 9.17) is 19.3 Å². The second-order valence-corrected chi connectivity index (χ2v) is 7.70. The lowest BCUT2D eigenvalue weighted by Gasteiger charge is -2.39. The first-order valence-corrected chi connectivity index (χ1v) is 9.84. The SMILES string of the molecule is COc1cc2c(cc1OC(F)F)C(N1C=CC3ON=CC3=C1)=NC1CCC(O)CC21. The molecule has 0 aromatic heterocycles. The standard InChI is InChI=1S/C21H21F2N3O4/c1-28-18-7-13-14-6-12(27)2-3-16(14)25-20(15(13)8-19(18)29-21(22)23)26-5-4-17-11(10-26)9-24-30-17/h4-5,7-10,12,14,16-17,21,27H,2-3,6H2,1H3. The molecule has 158 valence electrons. The van der Waals surface area contributed by atoms with Gasteiger partial charge in [-0.25, -0.2) is 0 Å². The lowest BCUT2D eigenvalue weighted by molar-refractivity contribution is -0.0512. The number of amidine groups is 1. The summed E-state index contributed by atoms with van der Waals surface area (Å²) in [5.74, 6) is 0.795. The Hall–Kier alpha value is -2.94. The molecular formula is C21H21F2N3O4. The van der Waals surface area contributed by atoms with Gasteiger partial charge < -0.3 is 24.3 Å². The zero-order valence-corrected chi connectivity index (χ0v) is 16.2. The molecule has 4 atom stereocenters. The van der Waals surface area contributed by atoms with Crippen LogP contribution in [0.2, 0.25) is 0 Å². The molecule has 0 radical (unpaired) electrons. The molecule has 0 amide bonds. The van der Waals surface area contributed by atoms with Crippen molar-refractivity contribution in [2.75, 3.05) is 7.11 Å². The van der Waals surface area contributed by atoms with E-state index in [2.05, 4.69) is 5.16 Å². The van der Waals surface area contributed by atoms with E-state index in [0.29, 0.717) is 24.2 Å². The summed E-state index contributed by atoms with van der Waals surface area (Å²) >= 11 is 0. The van der Waals surface area contributed by atoms with Crippen LogP contribution < -0.4 is 9.47 Å². The van der Waals surface area contributed by atoms with Crippen LogP contribution in [0, 0.1) is 0 Å². The van der Waals surface area contributed by atoms with Crippen LogP contribution in [0.1, 0.15) is 36.3 Å². The largest absolute Gasteiger partial charge is 0.493 e. The van der Waals surface area contributed by atoms with Crippen LogP contribution in [0.3, 0.4) is 0 Å². The number of hydrogen-bond donors (Lipinski definition) is 1. The molecule has 7 nitrogen and oxygen atoms in total. The number of alkyl halides is 2. The van der Waals surface area contributed by atoms with Crippen molar-refractivity contribution in [3.05, 3.63) is 47.3 Å². The number of aliphatic hydroxyl groups is 1. The van der Waals surface area contributed by atoms with E-state index in [1.54, 1.807) is 18.3 Å². The van der Waals surface area contributed by atoms with Gasteiger partial charge in [0.1, 0.15) is 5.84 Å². The van der Waals surface area contributed by atoms with Crippen LogP contribution in [0.5, 0.6) is 11.5 Å². The molecule has 4 unspecified atom stereocenters. The first kappa shape index (κ1) is 19.0. The van der Waals surface area contributed by atoms with E-state index in [1.807, 2.05) is 23.4 Å². The topological polar surface area (TPSA) is 75.9 Å². The molecule has 4 aliphatic rings. The van der Waals surface area contributed by atoms with Crippen molar-refractivity contribution in [3.63, 3.8) is 0 Å². The quantitative estimate of drug-likeness (QED) is 0.818. The molecule has 1 saturated carbocycles. The van der Waals surface area contributed by atoms with Crippen molar-refractivity contribution < 1.29 is 28.2 Å². The van der Waals surface area contributed by atoms with Gasteiger partial charge in [0.25, 0.3) is 0 Å². The average molecular weight is 417 g/mol. The van der Waals surface area contributed by atoms with E-state index < -0.39 is 12.7 Å². The Morgan fingerprint density at radius 2 is 2.13 bits per heavy atom. The molecule has 5 rings (SSSR count). The molecule has 0 spiro atoms. The normalized spacial score (nSPS) is 28.9. The fourth-order valence-corrected chi connectivity index (χ4v) is 4.53. The minimum Gasteiger partial charge on any atom is -0.493 e. The van der Waals surface area contributed by atoms with Gasteiger partial charge in [-0.2, -0.15) is 8.78 Å². The number of nitrogens with zero attached hydrogens (tertiary/aromatic N) is 3. The number of aliphatic imine (C=N–C) groups is 1. The predicted octanol–water partition coefficient (Wildman–Crippen LogP) is 3.15. The summed E-state index contributed by atoms with van der Waals surface area (Å²) in [4.78, 5) is 12.1. The summed E-state index contributed by atoms with van der Waals surface area (Å²) in [6.07, 6.45) is 8.56. The number of oxime groups is 1. The Bertz CT molecular complexity index is 975. The zero-order valence-electron chi connectivity index (χ0n) is 16.2. The third-order valence-corrected chi connectivity index (χ3v) is 5.93. The number of fused-ring (bicyclic) bond motifs is 4. The Kier molecular flexibility index (Phi) is 4.69. The van der Waals surface area contributed by atoms with Crippen molar-refractivity contribution in [3.8, 4) is 11.5 Å². The summed E-state index contributed by atoms with van der Waals surface area (Å²) in [6.45, 7) is -2.98. The van der Waals surface area contributed by atoms with E-state index in [1.165, 1.54) is 7.11 Å². The molecule has 1 aromatic rings. The highest BCUT2D eigenvalue weighted by atomic mass is 19.3. The summed E-state index contributed by atoms with van der Waals surface area (Å²) in [5.41, 5.74) is 2.46. The van der Waals surface area contributed by atoms with E-state index >= 15 is 0 Å². The van der Waals surface area contributed by atoms with E-state index in [9.17, 15) is 13.9 Å². The number of halogens is 2. The Balaban J connectivity index is 1.62. The molecule has 3 aliphatic heterocycles. The summed E-state index contributed by atoms with van der Waals surface area (Å²) in [7, 11) is 1.42. The van der Waals surface area contributed by atoms with Gasteiger partial charge in [-0.3, -0.25) is 4.99 Å². The lowest BCUT2D eigenvalue weighted by atomic mass is 9.75. The number of methoxy groups -OCH3 is 1.